The summed E-state index contributed by atoms with van der Waals surface area (Å²) in [5.74, 6) is 0.819. The molecule has 0 heterocycles. The van der Waals surface area contributed by atoms with Crippen LogP contribution in [0.4, 0.5) is 0 Å². The zero-order valence-electron chi connectivity index (χ0n) is 11.7. The van der Waals surface area contributed by atoms with Crippen LogP contribution in [-0.4, -0.2) is 29.8 Å². The lowest BCUT2D eigenvalue weighted by molar-refractivity contribution is 0.299. The molecule has 0 bridgehead atoms. The minimum Gasteiger partial charge on any atom is -0.494 e. The van der Waals surface area contributed by atoms with Crippen LogP contribution in [0.1, 0.15) is 32.1 Å². The maximum atomic E-state index is 8.72. The van der Waals surface area contributed by atoms with E-state index in [1.807, 2.05) is 12.1 Å². The summed E-state index contributed by atoms with van der Waals surface area (Å²) in [5, 5.41) is 18.1. The zero-order chi connectivity index (χ0) is 14.8. The van der Waals surface area contributed by atoms with E-state index < -0.39 is 7.12 Å². The number of benzene rings is 1. The predicted octanol–water partition coefficient (Wildman–Crippen LogP) is 2.47. The summed E-state index contributed by atoms with van der Waals surface area (Å²) in [6.07, 6.45) is 4.88. The molecule has 4 N–H and O–H groups in total. The first-order valence-electron chi connectivity index (χ1n) is 7.08. The molecule has 0 aliphatic rings. The van der Waals surface area contributed by atoms with E-state index >= 15 is 0 Å². The molecule has 1 atom stereocenters. The van der Waals surface area contributed by atoms with Crippen molar-refractivity contribution in [1.82, 2.24) is 0 Å². The molecular formula is C14H23BClNO3. The van der Waals surface area contributed by atoms with Crippen LogP contribution in [0, 0.1) is 0 Å². The lowest BCUT2D eigenvalue weighted by Crippen LogP contribution is -2.21. The van der Waals surface area contributed by atoms with Gasteiger partial charge in [-0.15, -0.1) is 0 Å². The standard InChI is InChI=1S/C14H23BClNO3/c16-12-6-8-14(9-7-12)20-11-3-5-13(17)4-1-2-10-15(18)19/h6-9,13,18-19H,1-5,10-11,17H2. The van der Waals surface area contributed by atoms with E-state index in [0.717, 1.165) is 37.9 Å². The van der Waals surface area contributed by atoms with Gasteiger partial charge in [-0.1, -0.05) is 24.4 Å². The molecule has 112 valence electrons. The van der Waals surface area contributed by atoms with Crippen LogP contribution in [0.5, 0.6) is 5.75 Å². The average Bonchev–Trinajstić information content (AvgIpc) is 2.41. The Morgan fingerprint density at radius 1 is 1.10 bits per heavy atom. The van der Waals surface area contributed by atoms with Gasteiger partial charge >= 0.3 is 7.12 Å². The van der Waals surface area contributed by atoms with Crippen molar-refractivity contribution in [2.45, 2.75) is 44.5 Å². The highest BCUT2D eigenvalue weighted by Crippen LogP contribution is 2.16. The molecule has 1 rings (SSSR count). The first-order valence-corrected chi connectivity index (χ1v) is 7.46. The zero-order valence-corrected chi connectivity index (χ0v) is 12.4. The van der Waals surface area contributed by atoms with Gasteiger partial charge in [0.15, 0.2) is 0 Å². The van der Waals surface area contributed by atoms with E-state index in [0.29, 0.717) is 17.9 Å². The predicted molar refractivity (Wildman–Crippen MR) is 83.0 cm³/mol. The highest BCUT2D eigenvalue weighted by atomic mass is 35.5. The first kappa shape index (κ1) is 17.3. The lowest BCUT2D eigenvalue weighted by atomic mass is 9.83. The van der Waals surface area contributed by atoms with Gasteiger partial charge in [0.05, 0.1) is 6.61 Å². The number of hydrogen-bond acceptors (Lipinski definition) is 4. The van der Waals surface area contributed by atoms with Gasteiger partial charge < -0.3 is 20.5 Å². The van der Waals surface area contributed by atoms with E-state index in [4.69, 9.17) is 32.1 Å². The fourth-order valence-corrected chi connectivity index (χ4v) is 2.07. The van der Waals surface area contributed by atoms with Crippen molar-refractivity contribution in [3.8, 4) is 5.75 Å². The fourth-order valence-electron chi connectivity index (χ4n) is 1.94. The van der Waals surface area contributed by atoms with Crippen LogP contribution in [0.2, 0.25) is 11.3 Å². The van der Waals surface area contributed by atoms with Crippen LogP contribution >= 0.6 is 11.6 Å². The van der Waals surface area contributed by atoms with Gasteiger partial charge in [-0.05, 0) is 49.8 Å². The third-order valence-electron chi connectivity index (χ3n) is 3.09. The minimum atomic E-state index is -1.20. The Hall–Kier alpha value is -0.745. The highest BCUT2D eigenvalue weighted by molar-refractivity contribution is 6.40. The molecule has 0 aromatic heterocycles. The molecular weight excluding hydrogens is 276 g/mol. The lowest BCUT2D eigenvalue weighted by Gasteiger charge is -2.12. The largest absolute Gasteiger partial charge is 0.494 e. The van der Waals surface area contributed by atoms with Crippen molar-refractivity contribution >= 4 is 18.7 Å². The molecule has 0 aliphatic carbocycles. The molecule has 4 nitrogen and oxygen atoms in total. The fraction of sp³-hybridized carbons (Fsp3) is 0.571. The molecule has 0 fully saturated rings. The Labute approximate surface area is 126 Å². The minimum absolute atomic E-state index is 0.152. The normalized spacial score (nSPS) is 12.2. The van der Waals surface area contributed by atoms with Gasteiger partial charge in [0.1, 0.15) is 5.75 Å². The average molecular weight is 300 g/mol. The number of nitrogens with two attached hydrogens (primary N) is 1. The molecule has 1 aromatic carbocycles. The van der Waals surface area contributed by atoms with E-state index in [2.05, 4.69) is 0 Å². The van der Waals surface area contributed by atoms with Gasteiger partial charge in [-0.2, -0.15) is 0 Å². The van der Waals surface area contributed by atoms with Gasteiger partial charge in [-0.3, -0.25) is 0 Å². The maximum absolute atomic E-state index is 8.72. The van der Waals surface area contributed by atoms with Crippen LogP contribution in [0.25, 0.3) is 0 Å². The maximum Gasteiger partial charge on any atom is 0.451 e. The highest BCUT2D eigenvalue weighted by Gasteiger charge is 2.07. The van der Waals surface area contributed by atoms with Crippen molar-refractivity contribution < 1.29 is 14.8 Å². The topological polar surface area (TPSA) is 75.7 Å². The summed E-state index contributed by atoms with van der Waals surface area (Å²) in [4.78, 5) is 0. The smallest absolute Gasteiger partial charge is 0.451 e. The first-order chi connectivity index (χ1) is 9.58. The van der Waals surface area contributed by atoms with Gasteiger partial charge in [0, 0.05) is 11.1 Å². The van der Waals surface area contributed by atoms with Crippen molar-refractivity contribution in [3.05, 3.63) is 29.3 Å². The second kappa shape index (κ2) is 10.1. The molecule has 0 saturated carbocycles. The Morgan fingerprint density at radius 2 is 1.75 bits per heavy atom. The van der Waals surface area contributed by atoms with Gasteiger partial charge in [0.25, 0.3) is 0 Å². The quantitative estimate of drug-likeness (QED) is 0.458. The molecule has 6 heteroatoms. The molecule has 0 radical (unpaired) electrons. The summed E-state index contributed by atoms with van der Waals surface area (Å²) in [7, 11) is -1.20. The van der Waals surface area contributed by atoms with Crippen molar-refractivity contribution in [1.29, 1.82) is 0 Å². The number of unbranched alkanes of at least 4 members (excludes halogenated alkanes) is 1. The van der Waals surface area contributed by atoms with E-state index in [1.165, 1.54) is 0 Å². The number of hydrogen-bond donors (Lipinski definition) is 3. The second-order valence-electron chi connectivity index (χ2n) is 4.97. The van der Waals surface area contributed by atoms with Crippen LogP contribution in [0.15, 0.2) is 24.3 Å². The number of rotatable bonds is 10. The summed E-state index contributed by atoms with van der Waals surface area (Å²) in [6, 6.07) is 7.46. The molecule has 1 unspecified atom stereocenters. The third-order valence-corrected chi connectivity index (χ3v) is 3.34. The molecule has 0 spiro atoms. The monoisotopic (exact) mass is 299 g/mol. The van der Waals surface area contributed by atoms with Crippen molar-refractivity contribution in [2.75, 3.05) is 6.61 Å². The van der Waals surface area contributed by atoms with Crippen LogP contribution in [-0.2, 0) is 0 Å². The number of ether oxygens (including phenoxy) is 1. The molecule has 20 heavy (non-hydrogen) atoms. The summed E-state index contributed by atoms with van der Waals surface area (Å²) in [6.45, 7) is 0.644. The van der Waals surface area contributed by atoms with Crippen molar-refractivity contribution in [2.24, 2.45) is 5.73 Å². The Bertz CT molecular complexity index is 362. The van der Waals surface area contributed by atoms with E-state index in [1.54, 1.807) is 12.1 Å². The van der Waals surface area contributed by atoms with E-state index in [9.17, 15) is 0 Å². The Balaban J connectivity index is 2.01. The Morgan fingerprint density at radius 3 is 2.40 bits per heavy atom. The third kappa shape index (κ3) is 8.43. The summed E-state index contributed by atoms with van der Waals surface area (Å²) in [5.41, 5.74) is 5.99. The SMILES string of the molecule is NC(CCCCB(O)O)CCCOc1ccc(Cl)cc1. The van der Waals surface area contributed by atoms with E-state index in [-0.39, 0.29) is 6.04 Å². The molecule has 0 saturated heterocycles. The molecule has 0 aliphatic heterocycles. The summed E-state index contributed by atoms with van der Waals surface area (Å²) < 4.78 is 5.59. The number of halogens is 1. The summed E-state index contributed by atoms with van der Waals surface area (Å²) >= 11 is 5.79. The molecule has 0 amide bonds. The Kier molecular flexibility index (Phi) is 8.70. The van der Waals surface area contributed by atoms with Gasteiger partial charge in [0.2, 0.25) is 0 Å². The van der Waals surface area contributed by atoms with Crippen LogP contribution in [0.3, 0.4) is 0 Å². The van der Waals surface area contributed by atoms with Gasteiger partial charge in [-0.25, -0.2) is 0 Å². The van der Waals surface area contributed by atoms with Crippen molar-refractivity contribution in [3.63, 3.8) is 0 Å². The second-order valence-corrected chi connectivity index (χ2v) is 5.41. The molecule has 1 aromatic rings. The van der Waals surface area contributed by atoms with Crippen LogP contribution < -0.4 is 10.5 Å².